The van der Waals surface area contributed by atoms with E-state index < -0.39 is 11.5 Å². The first-order chi connectivity index (χ1) is 12.4. The van der Waals surface area contributed by atoms with E-state index in [2.05, 4.69) is 5.32 Å². The van der Waals surface area contributed by atoms with Crippen LogP contribution in [0.2, 0.25) is 0 Å². The van der Waals surface area contributed by atoms with E-state index in [1.807, 2.05) is 6.07 Å². The van der Waals surface area contributed by atoms with Gasteiger partial charge in [-0.3, -0.25) is 9.59 Å². The predicted molar refractivity (Wildman–Crippen MR) is 94.7 cm³/mol. The highest BCUT2D eigenvalue weighted by Gasteiger charge is 2.36. The summed E-state index contributed by atoms with van der Waals surface area (Å²) in [5.41, 5.74) is -0.610. The topological polar surface area (TPSA) is 92.0 Å². The third-order valence-corrected chi connectivity index (χ3v) is 4.52. The van der Waals surface area contributed by atoms with Crippen molar-refractivity contribution >= 4 is 17.5 Å². The van der Waals surface area contributed by atoms with Crippen molar-refractivity contribution in [1.82, 2.24) is 5.32 Å². The molecule has 138 valence electrons. The minimum Gasteiger partial charge on any atom is -0.497 e. The summed E-state index contributed by atoms with van der Waals surface area (Å²) < 4.78 is 10.4. The normalized spacial score (nSPS) is 19.3. The summed E-state index contributed by atoms with van der Waals surface area (Å²) in [6.45, 7) is 1.86. The molecule has 2 unspecified atom stereocenters. The van der Waals surface area contributed by atoms with Crippen LogP contribution in [0.3, 0.4) is 0 Å². The summed E-state index contributed by atoms with van der Waals surface area (Å²) in [5.74, 6) is 0.170. The molecule has 1 aromatic carbocycles. The average Bonchev–Trinajstić information content (AvgIpc) is 3.30. The van der Waals surface area contributed by atoms with E-state index in [1.54, 1.807) is 49.3 Å². The summed E-state index contributed by atoms with van der Waals surface area (Å²) in [5, 5.41) is 13.1. The lowest BCUT2D eigenvalue weighted by Crippen LogP contribution is -2.41. The van der Waals surface area contributed by atoms with Crippen molar-refractivity contribution in [3.8, 4) is 5.75 Å². The van der Waals surface area contributed by atoms with Crippen LogP contribution in [0.1, 0.15) is 19.1 Å². The first kappa shape index (κ1) is 18.0. The number of nitrogens with one attached hydrogen (secondary N) is 1. The van der Waals surface area contributed by atoms with Gasteiger partial charge in [-0.05, 0) is 31.2 Å². The predicted octanol–water partition coefficient (Wildman–Crippen LogP) is 1.67. The van der Waals surface area contributed by atoms with Crippen LogP contribution in [0.4, 0.5) is 5.69 Å². The van der Waals surface area contributed by atoms with Gasteiger partial charge in [-0.1, -0.05) is 6.07 Å². The first-order valence-electron chi connectivity index (χ1n) is 8.39. The molecule has 1 saturated heterocycles. The molecule has 26 heavy (non-hydrogen) atoms. The molecule has 2 aromatic rings. The summed E-state index contributed by atoms with van der Waals surface area (Å²) in [6, 6.07) is 10.5. The molecular weight excluding hydrogens is 336 g/mol. The number of benzene rings is 1. The van der Waals surface area contributed by atoms with Gasteiger partial charge in [0.2, 0.25) is 11.8 Å². The van der Waals surface area contributed by atoms with Crippen molar-refractivity contribution in [3.63, 3.8) is 0 Å². The number of methoxy groups -OCH3 is 1. The Hall–Kier alpha value is -2.80. The van der Waals surface area contributed by atoms with Gasteiger partial charge in [0.05, 0.1) is 25.8 Å². The fraction of sp³-hybridized carbons (Fsp3) is 0.368. The number of aliphatic hydroxyl groups is 1. The minimum atomic E-state index is -1.31. The summed E-state index contributed by atoms with van der Waals surface area (Å²) in [6.07, 6.45) is 1.60. The van der Waals surface area contributed by atoms with E-state index >= 15 is 0 Å². The highest BCUT2D eigenvalue weighted by Crippen LogP contribution is 2.28. The van der Waals surface area contributed by atoms with Crippen LogP contribution >= 0.6 is 0 Å². The Morgan fingerprint density at radius 3 is 2.92 bits per heavy atom. The van der Waals surface area contributed by atoms with Crippen molar-refractivity contribution in [2.45, 2.75) is 18.9 Å². The fourth-order valence-corrected chi connectivity index (χ4v) is 2.99. The zero-order chi connectivity index (χ0) is 18.7. The summed E-state index contributed by atoms with van der Waals surface area (Å²) in [4.78, 5) is 26.3. The van der Waals surface area contributed by atoms with Gasteiger partial charge in [-0.25, -0.2) is 0 Å². The minimum absolute atomic E-state index is 0.00317. The molecule has 3 rings (SSSR count). The smallest absolute Gasteiger partial charge is 0.227 e. The lowest BCUT2D eigenvalue weighted by Gasteiger charge is -2.22. The third kappa shape index (κ3) is 3.72. The number of amides is 2. The Morgan fingerprint density at radius 1 is 1.42 bits per heavy atom. The fourth-order valence-electron chi connectivity index (χ4n) is 2.99. The Morgan fingerprint density at radius 2 is 2.23 bits per heavy atom. The van der Waals surface area contributed by atoms with Gasteiger partial charge in [-0.15, -0.1) is 0 Å². The van der Waals surface area contributed by atoms with Crippen LogP contribution in [0.25, 0.3) is 0 Å². The first-order valence-corrected chi connectivity index (χ1v) is 8.39. The number of rotatable bonds is 6. The standard InChI is InChI=1S/C19H22N2O5/c1-19(24,16-7-4-8-26-16)12-20-18(23)13-9-17(22)21(11-13)14-5-3-6-15(10-14)25-2/h3-8,10,13,24H,9,11-12H2,1-2H3,(H,20,23). The van der Waals surface area contributed by atoms with Gasteiger partial charge >= 0.3 is 0 Å². The zero-order valence-corrected chi connectivity index (χ0v) is 14.8. The Balaban J connectivity index is 1.62. The van der Waals surface area contributed by atoms with Crippen LogP contribution in [-0.4, -0.2) is 37.1 Å². The van der Waals surface area contributed by atoms with Crippen LogP contribution in [0.5, 0.6) is 5.75 Å². The molecule has 2 amide bonds. The molecule has 0 saturated carbocycles. The molecule has 2 heterocycles. The highest BCUT2D eigenvalue weighted by atomic mass is 16.5. The average molecular weight is 358 g/mol. The molecule has 0 bridgehead atoms. The molecule has 0 spiro atoms. The van der Waals surface area contributed by atoms with E-state index in [9.17, 15) is 14.7 Å². The molecule has 1 aliphatic rings. The number of ether oxygens (including phenoxy) is 1. The number of carbonyl (C=O) groups is 2. The highest BCUT2D eigenvalue weighted by molar-refractivity contribution is 6.00. The Labute approximate surface area is 151 Å². The summed E-state index contributed by atoms with van der Waals surface area (Å²) in [7, 11) is 1.56. The van der Waals surface area contributed by atoms with Crippen LogP contribution < -0.4 is 15.0 Å². The van der Waals surface area contributed by atoms with Crippen LogP contribution in [0.15, 0.2) is 47.1 Å². The maximum absolute atomic E-state index is 12.5. The lowest BCUT2D eigenvalue weighted by atomic mass is 10.0. The Bertz CT molecular complexity index is 785. The largest absolute Gasteiger partial charge is 0.497 e. The molecule has 1 aliphatic heterocycles. The van der Waals surface area contributed by atoms with Gasteiger partial charge in [0.15, 0.2) is 0 Å². The van der Waals surface area contributed by atoms with Crippen molar-refractivity contribution in [2.24, 2.45) is 5.92 Å². The molecule has 7 heteroatoms. The van der Waals surface area contributed by atoms with Crippen molar-refractivity contribution < 1.29 is 23.8 Å². The van der Waals surface area contributed by atoms with Crippen molar-refractivity contribution in [1.29, 1.82) is 0 Å². The number of hydrogen-bond donors (Lipinski definition) is 2. The van der Waals surface area contributed by atoms with Crippen LogP contribution in [0, 0.1) is 5.92 Å². The maximum Gasteiger partial charge on any atom is 0.227 e. The maximum atomic E-state index is 12.5. The quantitative estimate of drug-likeness (QED) is 0.819. The molecule has 0 radical (unpaired) electrons. The number of furan rings is 1. The second-order valence-corrected chi connectivity index (χ2v) is 6.58. The van der Waals surface area contributed by atoms with E-state index in [0.717, 1.165) is 0 Å². The van der Waals surface area contributed by atoms with E-state index in [-0.39, 0.29) is 24.8 Å². The molecule has 7 nitrogen and oxygen atoms in total. The van der Waals surface area contributed by atoms with E-state index in [0.29, 0.717) is 23.7 Å². The van der Waals surface area contributed by atoms with E-state index in [4.69, 9.17) is 9.15 Å². The van der Waals surface area contributed by atoms with Crippen molar-refractivity contribution in [3.05, 3.63) is 48.4 Å². The lowest BCUT2D eigenvalue weighted by molar-refractivity contribution is -0.127. The summed E-state index contributed by atoms with van der Waals surface area (Å²) >= 11 is 0. The number of nitrogens with zero attached hydrogens (tertiary/aromatic N) is 1. The molecular formula is C19H22N2O5. The number of hydrogen-bond acceptors (Lipinski definition) is 5. The van der Waals surface area contributed by atoms with E-state index in [1.165, 1.54) is 6.26 Å². The second kappa shape index (κ2) is 7.21. The Kier molecular flexibility index (Phi) is 4.99. The third-order valence-electron chi connectivity index (χ3n) is 4.52. The molecule has 2 atom stereocenters. The number of anilines is 1. The number of carbonyl (C=O) groups excluding carboxylic acids is 2. The zero-order valence-electron chi connectivity index (χ0n) is 14.8. The monoisotopic (exact) mass is 358 g/mol. The van der Waals surface area contributed by atoms with Crippen LogP contribution in [-0.2, 0) is 15.2 Å². The van der Waals surface area contributed by atoms with Gasteiger partial charge in [-0.2, -0.15) is 0 Å². The van der Waals surface area contributed by atoms with Gasteiger partial charge < -0.3 is 24.5 Å². The molecule has 0 aliphatic carbocycles. The molecule has 1 aromatic heterocycles. The SMILES string of the molecule is COc1cccc(N2CC(C(=O)NCC(C)(O)c3ccco3)CC2=O)c1. The van der Waals surface area contributed by atoms with Crippen molar-refractivity contribution in [2.75, 3.05) is 25.1 Å². The molecule has 2 N–H and O–H groups in total. The molecule has 1 fully saturated rings. The van der Waals surface area contributed by atoms with Gasteiger partial charge in [0, 0.05) is 24.7 Å². The van der Waals surface area contributed by atoms with Gasteiger partial charge in [0.1, 0.15) is 17.1 Å². The second-order valence-electron chi connectivity index (χ2n) is 6.58. The van der Waals surface area contributed by atoms with Gasteiger partial charge in [0.25, 0.3) is 0 Å².